The van der Waals surface area contributed by atoms with Crippen LogP contribution in [-0.2, 0) is 9.47 Å². The standard InChI is InChI=1S/C28H45F2N3O3/c1-3-35-15-8-16-36-27(22-12-13-25(29)26(30)18-22)23-11-7-14-33(20-23)28(34)32-24(19-31-2)17-21-9-5-4-6-10-21/h12-13,18,21,23-24,27,31H,3-11,14-17,19-20H2,1-2H3,(H,32,34). The number of piperidine rings is 1. The van der Waals surface area contributed by atoms with Crippen LogP contribution in [-0.4, -0.2) is 63.5 Å². The zero-order valence-electron chi connectivity index (χ0n) is 22.1. The fourth-order valence-electron chi connectivity index (χ4n) is 5.68. The number of urea groups is 1. The molecule has 0 aromatic heterocycles. The Kier molecular flexibility index (Phi) is 12.4. The van der Waals surface area contributed by atoms with Crippen molar-refractivity contribution in [3.8, 4) is 0 Å². The predicted octanol–water partition coefficient (Wildman–Crippen LogP) is 5.43. The molecule has 0 radical (unpaired) electrons. The Morgan fingerprint density at radius 3 is 2.64 bits per heavy atom. The average molecular weight is 510 g/mol. The number of nitrogens with one attached hydrogen (secondary N) is 2. The first-order chi connectivity index (χ1) is 17.5. The number of carbonyl (C=O) groups excluding carboxylic acids is 1. The first kappa shape index (κ1) is 28.8. The molecule has 1 aliphatic carbocycles. The van der Waals surface area contributed by atoms with Gasteiger partial charge in [0, 0.05) is 51.4 Å². The van der Waals surface area contributed by atoms with E-state index in [4.69, 9.17) is 9.47 Å². The van der Waals surface area contributed by atoms with Gasteiger partial charge in [0.1, 0.15) is 0 Å². The van der Waals surface area contributed by atoms with E-state index in [0.717, 1.165) is 38.3 Å². The summed E-state index contributed by atoms with van der Waals surface area (Å²) < 4.78 is 39.3. The summed E-state index contributed by atoms with van der Waals surface area (Å²) in [7, 11) is 1.92. The highest BCUT2D eigenvalue weighted by Gasteiger charge is 2.32. The number of ether oxygens (including phenoxy) is 2. The maximum Gasteiger partial charge on any atom is 0.317 e. The zero-order valence-corrected chi connectivity index (χ0v) is 22.1. The summed E-state index contributed by atoms with van der Waals surface area (Å²) >= 11 is 0. The first-order valence-corrected chi connectivity index (χ1v) is 13.9. The quantitative estimate of drug-likeness (QED) is 0.348. The Morgan fingerprint density at radius 2 is 1.92 bits per heavy atom. The third kappa shape index (κ3) is 8.96. The number of hydrogen-bond donors (Lipinski definition) is 2. The molecule has 1 aromatic rings. The maximum atomic E-state index is 14.1. The van der Waals surface area contributed by atoms with Gasteiger partial charge in [-0.05, 0) is 63.3 Å². The molecule has 6 nitrogen and oxygen atoms in total. The normalized spacial score (nSPS) is 20.8. The highest BCUT2D eigenvalue weighted by molar-refractivity contribution is 5.74. The van der Waals surface area contributed by atoms with Crippen LogP contribution in [0, 0.1) is 23.5 Å². The van der Waals surface area contributed by atoms with Crippen molar-refractivity contribution in [2.45, 2.75) is 76.9 Å². The van der Waals surface area contributed by atoms with Crippen molar-refractivity contribution in [2.24, 2.45) is 11.8 Å². The van der Waals surface area contributed by atoms with E-state index in [9.17, 15) is 13.6 Å². The molecule has 8 heteroatoms. The number of nitrogens with zero attached hydrogens (tertiary/aromatic N) is 1. The number of amides is 2. The maximum absolute atomic E-state index is 14.1. The molecule has 2 aliphatic rings. The molecule has 1 aromatic carbocycles. The minimum absolute atomic E-state index is 0.00236. The van der Waals surface area contributed by atoms with Gasteiger partial charge in [-0.15, -0.1) is 0 Å². The Balaban J connectivity index is 1.63. The lowest BCUT2D eigenvalue weighted by Gasteiger charge is -2.38. The fourth-order valence-corrected chi connectivity index (χ4v) is 5.68. The van der Waals surface area contributed by atoms with Gasteiger partial charge in [0.25, 0.3) is 0 Å². The number of carbonyl (C=O) groups is 1. The molecule has 2 fully saturated rings. The Bertz CT molecular complexity index is 791. The number of hydrogen-bond acceptors (Lipinski definition) is 4. The zero-order chi connectivity index (χ0) is 25.8. The van der Waals surface area contributed by atoms with E-state index in [1.807, 2.05) is 18.9 Å². The molecule has 2 N–H and O–H groups in total. The topological polar surface area (TPSA) is 62.8 Å². The van der Waals surface area contributed by atoms with Gasteiger partial charge in [-0.25, -0.2) is 13.6 Å². The molecule has 1 aliphatic heterocycles. The van der Waals surface area contributed by atoms with E-state index in [1.165, 1.54) is 38.2 Å². The molecular formula is C28H45F2N3O3. The lowest BCUT2D eigenvalue weighted by molar-refractivity contribution is -0.0186. The second kappa shape index (κ2) is 15.5. The van der Waals surface area contributed by atoms with Gasteiger partial charge in [0.15, 0.2) is 11.6 Å². The molecule has 3 atom stereocenters. The minimum Gasteiger partial charge on any atom is -0.382 e. The van der Waals surface area contributed by atoms with E-state index in [-0.39, 0.29) is 18.0 Å². The van der Waals surface area contributed by atoms with Crippen LogP contribution in [0.15, 0.2) is 18.2 Å². The van der Waals surface area contributed by atoms with Crippen LogP contribution in [0.2, 0.25) is 0 Å². The smallest absolute Gasteiger partial charge is 0.317 e. The third-order valence-corrected chi connectivity index (χ3v) is 7.50. The van der Waals surface area contributed by atoms with E-state index in [2.05, 4.69) is 10.6 Å². The van der Waals surface area contributed by atoms with Crippen LogP contribution in [0.1, 0.15) is 76.4 Å². The molecule has 36 heavy (non-hydrogen) atoms. The van der Waals surface area contributed by atoms with Crippen molar-refractivity contribution in [1.29, 1.82) is 0 Å². The van der Waals surface area contributed by atoms with Crippen LogP contribution >= 0.6 is 0 Å². The van der Waals surface area contributed by atoms with Gasteiger partial charge in [-0.2, -0.15) is 0 Å². The van der Waals surface area contributed by atoms with E-state index in [1.54, 1.807) is 6.07 Å². The molecule has 0 spiro atoms. The summed E-state index contributed by atoms with van der Waals surface area (Å²) in [6.07, 6.45) is 9.41. The Hall–Kier alpha value is -1.77. The molecule has 0 bridgehead atoms. The molecule has 2 amide bonds. The highest BCUT2D eigenvalue weighted by Crippen LogP contribution is 2.34. The van der Waals surface area contributed by atoms with Crippen LogP contribution in [0.25, 0.3) is 0 Å². The van der Waals surface area contributed by atoms with Crippen molar-refractivity contribution < 1.29 is 23.0 Å². The number of halogens is 2. The number of likely N-dealkylation sites (N-methyl/N-ethyl adjacent to an activating group) is 1. The van der Waals surface area contributed by atoms with Gasteiger partial charge >= 0.3 is 6.03 Å². The summed E-state index contributed by atoms with van der Waals surface area (Å²) in [6, 6.07) is 4.04. The number of rotatable bonds is 13. The third-order valence-electron chi connectivity index (χ3n) is 7.50. The number of benzene rings is 1. The summed E-state index contributed by atoms with van der Waals surface area (Å²) in [5.74, 6) is -1.07. The van der Waals surface area contributed by atoms with Crippen molar-refractivity contribution >= 4 is 6.03 Å². The molecule has 1 heterocycles. The lowest BCUT2D eigenvalue weighted by Crippen LogP contribution is -2.52. The van der Waals surface area contributed by atoms with Crippen LogP contribution in [0.3, 0.4) is 0 Å². The molecule has 1 saturated carbocycles. The van der Waals surface area contributed by atoms with Crippen LogP contribution in [0.4, 0.5) is 13.6 Å². The van der Waals surface area contributed by atoms with Crippen molar-refractivity contribution in [1.82, 2.24) is 15.5 Å². The minimum atomic E-state index is -0.876. The highest BCUT2D eigenvalue weighted by atomic mass is 19.2. The number of likely N-dealkylation sites (tertiary alicyclic amines) is 1. The van der Waals surface area contributed by atoms with Gasteiger partial charge in [-0.1, -0.05) is 38.2 Å². The SMILES string of the molecule is CCOCCCOC(c1ccc(F)c(F)c1)C1CCCN(C(=O)NC(CNC)CC2CCCCC2)C1. The largest absolute Gasteiger partial charge is 0.382 e. The summed E-state index contributed by atoms with van der Waals surface area (Å²) in [4.78, 5) is 15.2. The van der Waals surface area contributed by atoms with Crippen LogP contribution < -0.4 is 10.6 Å². The summed E-state index contributed by atoms with van der Waals surface area (Å²) in [5, 5.41) is 6.51. The first-order valence-electron chi connectivity index (χ1n) is 13.9. The summed E-state index contributed by atoms with van der Waals surface area (Å²) in [5.41, 5.74) is 0.614. The lowest BCUT2D eigenvalue weighted by atomic mass is 9.85. The molecule has 3 unspecified atom stereocenters. The van der Waals surface area contributed by atoms with Crippen molar-refractivity contribution in [3.05, 3.63) is 35.4 Å². The molecule has 1 saturated heterocycles. The second-order valence-corrected chi connectivity index (χ2v) is 10.3. The van der Waals surface area contributed by atoms with Gasteiger partial charge < -0.3 is 25.0 Å². The van der Waals surface area contributed by atoms with Crippen molar-refractivity contribution in [3.63, 3.8) is 0 Å². The molecule has 3 rings (SSSR count). The van der Waals surface area contributed by atoms with E-state index in [0.29, 0.717) is 44.4 Å². The Morgan fingerprint density at radius 1 is 1.11 bits per heavy atom. The predicted molar refractivity (Wildman–Crippen MR) is 138 cm³/mol. The van der Waals surface area contributed by atoms with Gasteiger partial charge in [0.2, 0.25) is 0 Å². The van der Waals surface area contributed by atoms with Crippen molar-refractivity contribution in [2.75, 3.05) is 46.5 Å². The van der Waals surface area contributed by atoms with E-state index < -0.39 is 17.7 Å². The summed E-state index contributed by atoms with van der Waals surface area (Å²) in [6.45, 7) is 5.60. The fraction of sp³-hybridized carbons (Fsp3) is 0.750. The molecular weight excluding hydrogens is 464 g/mol. The molecule has 204 valence electrons. The van der Waals surface area contributed by atoms with E-state index >= 15 is 0 Å². The second-order valence-electron chi connectivity index (χ2n) is 10.3. The average Bonchev–Trinajstić information content (AvgIpc) is 2.89. The monoisotopic (exact) mass is 509 g/mol. The van der Waals surface area contributed by atoms with Gasteiger partial charge in [0.05, 0.1) is 6.10 Å². The van der Waals surface area contributed by atoms with Crippen LogP contribution in [0.5, 0.6) is 0 Å². The Labute approximate surface area is 215 Å². The van der Waals surface area contributed by atoms with Gasteiger partial charge in [-0.3, -0.25) is 0 Å².